The largest absolute Gasteiger partial charge is 0.348 e. The zero-order chi connectivity index (χ0) is 9.80. The molecular weight excluding hydrogens is 289 g/mol. The molecule has 8 heteroatoms. The number of amides is 1. The van der Waals surface area contributed by atoms with Gasteiger partial charge in [-0.25, -0.2) is 4.98 Å². The lowest BCUT2D eigenvalue weighted by molar-refractivity contribution is -0.122. The molecule has 1 saturated heterocycles. The third-order valence-electron chi connectivity index (χ3n) is 1.93. The van der Waals surface area contributed by atoms with Crippen LogP contribution in [0.4, 0.5) is 0 Å². The van der Waals surface area contributed by atoms with E-state index >= 15 is 0 Å². The molecule has 1 fully saturated rings. The first-order valence-electron chi connectivity index (χ1n) is 4.33. The normalized spacial score (nSPS) is 18.4. The summed E-state index contributed by atoms with van der Waals surface area (Å²) < 4.78 is 0. The van der Waals surface area contributed by atoms with E-state index in [9.17, 15) is 4.79 Å². The summed E-state index contributed by atoms with van der Waals surface area (Å²) in [5.74, 6) is 1.81. The Balaban J connectivity index is 0.00000112. The summed E-state index contributed by atoms with van der Waals surface area (Å²) in [4.78, 5) is 15.6. The van der Waals surface area contributed by atoms with E-state index in [-0.39, 0.29) is 36.8 Å². The van der Waals surface area contributed by atoms with Gasteiger partial charge in [0.05, 0.1) is 12.6 Å². The Bertz CT molecular complexity index is 304. The number of hydrogen-bond donors (Lipinski definition) is 2. The first-order chi connectivity index (χ1) is 6.86. The third-order valence-corrected chi connectivity index (χ3v) is 3.65. The van der Waals surface area contributed by atoms with E-state index in [4.69, 9.17) is 0 Å². The zero-order valence-corrected chi connectivity index (χ0v) is 11.6. The standard InChI is InChI=1S/C8H11N3OS2.2ClH/c12-8(6-4-13-5-11-6)10-3-7-9-1-2-14-7;;/h1-2,6,11H,3-5H2,(H,10,12);2*1H/t6-;;/m1../s1. The lowest BCUT2D eigenvalue weighted by Gasteiger charge is -2.08. The fourth-order valence-electron chi connectivity index (χ4n) is 1.19. The number of halogens is 2. The molecule has 0 aliphatic carbocycles. The molecule has 2 rings (SSSR count). The summed E-state index contributed by atoms with van der Waals surface area (Å²) in [6.45, 7) is 0.541. The van der Waals surface area contributed by atoms with Crippen LogP contribution in [0.15, 0.2) is 11.6 Å². The van der Waals surface area contributed by atoms with Crippen LogP contribution in [0.3, 0.4) is 0 Å². The van der Waals surface area contributed by atoms with Gasteiger partial charge in [-0.15, -0.1) is 47.9 Å². The third kappa shape index (κ3) is 4.47. The van der Waals surface area contributed by atoms with Gasteiger partial charge in [0.2, 0.25) is 5.91 Å². The summed E-state index contributed by atoms with van der Waals surface area (Å²) >= 11 is 3.30. The molecule has 4 nitrogen and oxygen atoms in total. The Kier molecular flexibility index (Phi) is 8.13. The summed E-state index contributed by atoms with van der Waals surface area (Å²) in [7, 11) is 0. The minimum absolute atomic E-state index is 0. The SMILES string of the molecule is Cl.Cl.O=C(NCc1nccs1)[C@H]1CSCN1. The van der Waals surface area contributed by atoms with Crippen molar-refractivity contribution in [3.8, 4) is 0 Å². The van der Waals surface area contributed by atoms with E-state index in [1.54, 1.807) is 29.3 Å². The molecular formula is C8H13Cl2N3OS2. The number of hydrogen-bond acceptors (Lipinski definition) is 5. The number of thiazole rings is 1. The minimum Gasteiger partial charge on any atom is -0.348 e. The first kappa shape index (κ1) is 16.0. The van der Waals surface area contributed by atoms with E-state index in [0.29, 0.717) is 6.54 Å². The quantitative estimate of drug-likeness (QED) is 0.883. The molecule has 0 aromatic carbocycles. The smallest absolute Gasteiger partial charge is 0.238 e. The molecule has 0 bridgehead atoms. The van der Waals surface area contributed by atoms with Crippen LogP contribution in [-0.2, 0) is 11.3 Å². The van der Waals surface area contributed by atoms with E-state index in [1.807, 2.05) is 5.38 Å². The molecule has 92 valence electrons. The van der Waals surface area contributed by atoms with Crippen molar-refractivity contribution in [1.29, 1.82) is 0 Å². The van der Waals surface area contributed by atoms with Gasteiger partial charge in [-0.3, -0.25) is 10.1 Å². The van der Waals surface area contributed by atoms with Gasteiger partial charge in [0.25, 0.3) is 0 Å². The van der Waals surface area contributed by atoms with Gasteiger partial charge in [0.1, 0.15) is 5.01 Å². The molecule has 1 aromatic heterocycles. The van der Waals surface area contributed by atoms with Crippen LogP contribution in [0.1, 0.15) is 5.01 Å². The van der Waals surface area contributed by atoms with Gasteiger partial charge >= 0.3 is 0 Å². The number of carbonyl (C=O) groups excluding carboxylic acids is 1. The van der Waals surface area contributed by atoms with E-state index in [0.717, 1.165) is 16.6 Å². The van der Waals surface area contributed by atoms with Crippen molar-refractivity contribution >= 4 is 53.8 Å². The number of nitrogens with zero attached hydrogens (tertiary/aromatic N) is 1. The molecule has 16 heavy (non-hydrogen) atoms. The highest BCUT2D eigenvalue weighted by molar-refractivity contribution is 7.99. The average Bonchev–Trinajstić information content (AvgIpc) is 2.87. The van der Waals surface area contributed by atoms with Gasteiger partial charge in [-0.1, -0.05) is 0 Å². The molecule has 0 saturated carbocycles. The highest BCUT2D eigenvalue weighted by Gasteiger charge is 2.21. The fourth-order valence-corrected chi connectivity index (χ4v) is 2.69. The van der Waals surface area contributed by atoms with Gasteiger partial charge in [-0.2, -0.15) is 0 Å². The van der Waals surface area contributed by atoms with Crippen molar-refractivity contribution in [2.24, 2.45) is 0 Å². The van der Waals surface area contributed by atoms with Crippen molar-refractivity contribution in [2.45, 2.75) is 12.6 Å². The van der Waals surface area contributed by atoms with Gasteiger partial charge in [0, 0.05) is 23.2 Å². The number of carbonyl (C=O) groups is 1. The molecule has 2 heterocycles. The predicted molar refractivity (Wildman–Crippen MR) is 72.7 cm³/mol. The number of rotatable bonds is 3. The molecule has 1 atom stereocenters. The van der Waals surface area contributed by atoms with Gasteiger partial charge in [0.15, 0.2) is 0 Å². The molecule has 1 aliphatic rings. The molecule has 0 radical (unpaired) electrons. The molecule has 0 spiro atoms. The second-order valence-corrected chi connectivity index (χ2v) is 4.92. The van der Waals surface area contributed by atoms with Crippen molar-refractivity contribution < 1.29 is 4.79 Å². The summed E-state index contributed by atoms with van der Waals surface area (Å²) in [5, 5.41) is 8.84. The molecule has 1 amide bonds. The second-order valence-electron chi connectivity index (χ2n) is 2.92. The van der Waals surface area contributed by atoms with Crippen LogP contribution < -0.4 is 10.6 Å². The fraction of sp³-hybridized carbons (Fsp3) is 0.500. The first-order valence-corrected chi connectivity index (χ1v) is 6.37. The highest BCUT2D eigenvalue weighted by atomic mass is 35.5. The number of thioether (sulfide) groups is 1. The lowest BCUT2D eigenvalue weighted by atomic mass is 10.3. The molecule has 1 aliphatic heterocycles. The van der Waals surface area contributed by atoms with E-state index in [2.05, 4.69) is 15.6 Å². The molecule has 1 aromatic rings. The Morgan fingerprint density at radius 2 is 2.44 bits per heavy atom. The molecule has 0 unspecified atom stereocenters. The summed E-state index contributed by atoms with van der Waals surface area (Å²) in [5.41, 5.74) is 0. The maximum atomic E-state index is 11.5. The maximum Gasteiger partial charge on any atom is 0.238 e. The topological polar surface area (TPSA) is 54.0 Å². The molecule has 2 N–H and O–H groups in total. The lowest BCUT2D eigenvalue weighted by Crippen LogP contribution is -2.41. The Morgan fingerprint density at radius 3 is 3.00 bits per heavy atom. The van der Waals surface area contributed by atoms with E-state index < -0.39 is 0 Å². The van der Waals surface area contributed by atoms with Crippen LogP contribution in [-0.4, -0.2) is 28.6 Å². The van der Waals surface area contributed by atoms with Crippen molar-refractivity contribution in [3.63, 3.8) is 0 Å². The van der Waals surface area contributed by atoms with Crippen molar-refractivity contribution in [3.05, 3.63) is 16.6 Å². The minimum atomic E-state index is -0.0278. The van der Waals surface area contributed by atoms with Crippen LogP contribution in [0.5, 0.6) is 0 Å². The average molecular weight is 302 g/mol. The van der Waals surface area contributed by atoms with E-state index in [1.165, 1.54) is 0 Å². The number of nitrogens with one attached hydrogen (secondary N) is 2. The van der Waals surface area contributed by atoms with Crippen LogP contribution in [0.2, 0.25) is 0 Å². The van der Waals surface area contributed by atoms with Crippen molar-refractivity contribution in [1.82, 2.24) is 15.6 Å². The van der Waals surface area contributed by atoms with Crippen LogP contribution in [0, 0.1) is 0 Å². The van der Waals surface area contributed by atoms with Gasteiger partial charge in [-0.05, 0) is 0 Å². The summed E-state index contributed by atoms with van der Waals surface area (Å²) in [6, 6.07) is -0.0278. The van der Waals surface area contributed by atoms with Crippen LogP contribution in [0.25, 0.3) is 0 Å². The Hall–Kier alpha value is -0.0100. The predicted octanol–water partition coefficient (Wildman–Crippen LogP) is 1.27. The Labute approximate surface area is 115 Å². The van der Waals surface area contributed by atoms with Crippen LogP contribution >= 0.6 is 47.9 Å². The maximum absolute atomic E-state index is 11.5. The second kappa shape index (κ2) is 8.14. The zero-order valence-electron chi connectivity index (χ0n) is 8.34. The Morgan fingerprint density at radius 1 is 1.62 bits per heavy atom. The number of aromatic nitrogens is 1. The highest BCUT2D eigenvalue weighted by Crippen LogP contribution is 2.09. The summed E-state index contributed by atoms with van der Waals surface area (Å²) in [6.07, 6.45) is 1.75. The van der Waals surface area contributed by atoms with Gasteiger partial charge < -0.3 is 5.32 Å². The monoisotopic (exact) mass is 301 g/mol. The van der Waals surface area contributed by atoms with Crippen molar-refractivity contribution in [2.75, 3.05) is 11.6 Å².